The van der Waals surface area contributed by atoms with Crippen molar-refractivity contribution in [2.45, 2.75) is 57.9 Å². The highest BCUT2D eigenvalue weighted by atomic mass is 32.1. The Kier molecular flexibility index (Phi) is 9.90. The number of rotatable bonds is 12. The molecule has 0 bridgehead atoms. The Labute approximate surface area is 260 Å². The predicted octanol–water partition coefficient (Wildman–Crippen LogP) is 6.01. The summed E-state index contributed by atoms with van der Waals surface area (Å²) in [5, 5.41) is 0. The Morgan fingerprint density at radius 2 is 1.70 bits per heavy atom. The van der Waals surface area contributed by atoms with Gasteiger partial charge in [-0.15, -0.1) is 0 Å². The minimum Gasteiger partial charge on any atom is -0.426 e. The molecule has 2 heterocycles. The van der Waals surface area contributed by atoms with E-state index in [4.69, 9.17) is 32.4 Å². The molecule has 1 aliphatic rings. The van der Waals surface area contributed by atoms with Gasteiger partial charge in [-0.2, -0.15) is 0 Å². The molecular weight excluding hydrogens is 556 g/mol. The summed E-state index contributed by atoms with van der Waals surface area (Å²) in [6.07, 6.45) is 3.18. The van der Waals surface area contributed by atoms with E-state index in [1.165, 1.54) is 16.9 Å². The van der Waals surface area contributed by atoms with Crippen LogP contribution in [0.3, 0.4) is 0 Å². The highest BCUT2D eigenvalue weighted by molar-refractivity contribution is 7.80. The molecule has 0 amide bonds. The van der Waals surface area contributed by atoms with E-state index in [1.807, 2.05) is 32.9 Å². The van der Waals surface area contributed by atoms with Crippen molar-refractivity contribution >= 4 is 34.2 Å². The molecule has 7 nitrogen and oxygen atoms in total. The average molecular weight is 599 g/mol. The van der Waals surface area contributed by atoms with Crippen LogP contribution in [0.4, 0.5) is 0 Å². The number of thiocarbonyl (C=S) groups is 1. The summed E-state index contributed by atoms with van der Waals surface area (Å²) in [4.78, 5) is 21.0. The fourth-order valence-electron chi connectivity index (χ4n) is 5.77. The van der Waals surface area contributed by atoms with E-state index in [2.05, 4.69) is 45.9 Å². The Bertz CT molecular complexity index is 1540. The number of benzene rings is 3. The van der Waals surface area contributed by atoms with E-state index in [0.29, 0.717) is 23.3 Å². The maximum atomic E-state index is 13.0. The number of hydrogen-bond donors (Lipinski definition) is 1. The smallest absolute Gasteiger partial charge is 0.321 e. The summed E-state index contributed by atoms with van der Waals surface area (Å²) in [5.41, 5.74) is 10.1. The molecule has 226 valence electrons. The van der Waals surface area contributed by atoms with Gasteiger partial charge in [0.15, 0.2) is 0 Å². The Hall–Kier alpha value is -3.59. The third-order valence-electron chi connectivity index (χ3n) is 8.55. The van der Waals surface area contributed by atoms with Crippen LogP contribution in [0.2, 0.25) is 0 Å². The lowest BCUT2D eigenvalue weighted by Gasteiger charge is -2.32. The summed E-state index contributed by atoms with van der Waals surface area (Å²) in [6, 6.07) is 23.7. The van der Waals surface area contributed by atoms with Crippen LogP contribution in [0, 0.1) is 0 Å². The topological polar surface area (TPSA) is 82.6 Å². The first kappa shape index (κ1) is 30.9. The molecule has 0 spiro atoms. The predicted molar refractivity (Wildman–Crippen MR) is 176 cm³/mol. The summed E-state index contributed by atoms with van der Waals surface area (Å²) >= 11 is 5.00. The van der Waals surface area contributed by atoms with E-state index >= 15 is 0 Å². The number of esters is 1. The summed E-state index contributed by atoms with van der Waals surface area (Å²) < 4.78 is 13.7. The number of fused-ring (bicyclic) bond motifs is 1. The average Bonchev–Trinajstić information content (AvgIpc) is 3.39. The Morgan fingerprint density at radius 1 is 1.00 bits per heavy atom. The van der Waals surface area contributed by atoms with E-state index in [0.717, 1.165) is 68.7 Å². The van der Waals surface area contributed by atoms with Gasteiger partial charge in [0.2, 0.25) is 0 Å². The van der Waals surface area contributed by atoms with E-state index in [1.54, 1.807) is 24.3 Å². The second-order valence-electron chi connectivity index (χ2n) is 11.8. The number of piperidine rings is 1. The minimum absolute atomic E-state index is 0.308. The van der Waals surface area contributed by atoms with Gasteiger partial charge in [-0.1, -0.05) is 48.6 Å². The fraction of sp³-hybridized carbons (Fsp3) is 0.400. The molecule has 1 aromatic heterocycles. The number of nitrogens with zero attached hydrogens (tertiary/aromatic N) is 3. The number of ether oxygens (including phenoxy) is 2. The molecule has 1 fully saturated rings. The van der Waals surface area contributed by atoms with Crippen LogP contribution in [-0.4, -0.2) is 58.3 Å². The van der Waals surface area contributed by atoms with Crippen LogP contribution in [0.1, 0.15) is 62.0 Å². The molecule has 0 radical (unpaired) electrons. The highest BCUT2D eigenvalue weighted by Gasteiger charge is 2.32. The maximum absolute atomic E-state index is 13.0. The van der Waals surface area contributed by atoms with Crippen molar-refractivity contribution in [2.75, 3.05) is 32.8 Å². The van der Waals surface area contributed by atoms with Gasteiger partial charge in [0.25, 0.3) is 0 Å². The van der Waals surface area contributed by atoms with Crippen LogP contribution in [0.15, 0.2) is 72.8 Å². The monoisotopic (exact) mass is 598 g/mol. The van der Waals surface area contributed by atoms with Crippen LogP contribution >= 0.6 is 12.2 Å². The van der Waals surface area contributed by atoms with Gasteiger partial charge in [-0.3, -0.25) is 4.79 Å². The zero-order chi connectivity index (χ0) is 30.4. The molecule has 5 rings (SSSR count). The minimum atomic E-state index is -0.790. The molecule has 0 atom stereocenters. The van der Waals surface area contributed by atoms with E-state index < -0.39 is 5.41 Å². The number of hydrogen-bond acceptors (Lipinski definition) is 6. The van der Waals surface area contributed by atoms with Crippen molar-refractivity contribution in [3.8, 4) is 5.75 Å². The number of nitrogens with two attached hydrogens (primary N) is 1. The van der Waals surface area contributed by atoms with Gasteiger partial charge in [0.05, 0.1) is 23.1 Å². The van der Waals surface area contributed by atoms with Crippen molar-refractivity contribution in [3.63, 3.8) is 0 Å². The number of aromatic nitrogens is 2. The summed E-state index contributed by atoms with van der Waals surface area (Å²) in [6.45, 7) is 11.2. The fourth-order valence-corrected chi connectivity index (χ4v) is 5.91. The van der Waals surface area contributed by atoms with Crippen molar-refractivity contribution in [1.29, 1.82) is 0 Å². The Morgan fingerprint density at radius 3 is 2.37 bits per heavy atom. The first-order chi connectivity index (χ1) is 20.8. The highest BCUT2D eigenvalue weighted by Crippen LogP contribution is 2.31. The van der Waals surface area contributed by atoms with Gasteiger partial charge >= 0.3 is 5.97 Å². The van der Waals surface area contributed by atoms with E-state index in [-0.39, 0.29) is 5.97 Å². The lowest BCUT2D eigenvalue weighted by atomic mass is 9.84. The number of para-hydroxylation sites is 2. The number of carbonyl (C=O) groups is 1. The maximum Gasteiger partial charge on any atom is 0.321 e. The molecule has 0 saturated carbocycles. The van der Waals surface area contributed by atoms with Crippen LogP contribution in [0.25, 0.3) is 11.0 Å². The van der Waals surface area contributed by atoms with Gasteiger partial charge < -0.3 is 24.7 Å². The van der Waals surface area contributed by atoms with Gasteiger partial charge in [-0.25, -0.2) is 4.98 Å². The molecule has 0 aliphatic carbocycles. The lowest BCUT2D eigenvalue weighted by Crippen LogP contribution is -2.35. The van der Waals surface area contributed by atoms with Gasteiger partial charge in [0.1, 0.15) is 16.6 Å². The number of imidazole rings is 1. The molecule has 4 aromatic rings. The van der Waals surface area contributed by atoms with Crippen molar-refractivity contribution < 1.29 is 14.3 Å². The normalized spacial score (nSPS) is 14.7. The SMILES string of the molecule is CCOCCn1c(C2CCN(CCc3ccc(C(C)(C)C(=O)Oc4ccc(C(N)=S)cc4)cc3)CC2)nc2ccccc21. The van der Waals surface area contributed by atoms with Crippen molar-refractivity contribution in [3.05, 3.63) is 95.3 Å². The largest absolute Gasteiger partial charge is 0.426 e. The molecule has 8 heteroatoms. The van der Waals surface area contributed by atoms with Crippen molar-refractivity contribution in [2.24, 2.45) is 5.73 Å². The van der Waals surface area contributed by atoms with Gasteiger partial charge in [0, 0.05) is 31.2 Å². The number of likely N-dealkylation sites (tertiary alicyclic amines) is 1. The summed E-state index contributed by atoms with van der Waals surface area (Å²) in [7, 11) is 0. The molecule has 43 heavy (non-hydrogen) atoms. The molecule has 0 unspecified atom stereocenters. The van der Waals surface area contributed by atoms with Crippen LogP contribution < -0.4 is 10.5 Å². The third-order valence-corrected chi connectivity index (χ3v) is 8.79. The molecule has 3 aromatic carbocycles. The quantitative estimate of drug-likeness (QED) is 0.0925. The summed E-state index contributed by atoms with van der Waals surface area (Å²) in [5.74, 6) is 1.83. The molecular formula is C35H42N4O3S. The van der Waals surface area contributed by atoms with Crippen LogP contribution in [-0.2, 0) is 27.9 Å². The third kappa shape index (κ3) is 7.32. The zero-order valence-corrected chi connectivity index (χ0v) is 26.2. The van der Waals surface area contributed by atoms with Gasteiger partial charge in [-0.05, 0) is 101 Å². The molecule has 2 N–H and O–H groups in total. The molecule has 1 aliphatic heterocycles. The standard InChI is InChI=1S/C35H42N4O3S/c1-4-41-24-23-39-31-8-6-5-7-30(31)37-33(39)27-18-21-38(22-19-27)20-17-25-9-13-28(14-10-25)35(2,3)34(40)42-29-15-11-26(12-16-29)32(36)43/h5-16,27H,4,17-24H2,1-3H3,(H2,36,43). The second kappa shape index (κ2) is 13.8. The van der Waals surface area contributed by atoms with E-state index in [9.17, 15) is 4.79 Å². The lowest BCUT2D eigenvalue weighted by molar-refractivity contribution is -0.139. The first-order valence-electron chi connectivity index (χ1n) is 15.2. The zero-order valence-electron chi connectivity index (χ0n) is 25.4. The van der Waals surface area contributed by atoms with Crippen molar-refractivity contribution in [1.82, 2.24) is 14.5 Å². The van der Waals surface area contributed by atoms with Crippen LogP contribution in [0.5, 0.6) is 5.75 Å². The first-order valence-corrected chi connectivity index (χ1v) is 15.6. The molecule has 1 saturated heterocycles. The second-order valence-corrected chi connectivity index (χ2v) is 12.2. The number of carbonyl (C=O) groups excluding carboxylic acids is 1. The Balaban J connectivity index is 1.14.